The Labute approximate surface area is 242 Å². The molecule has 0 unspecified atom stereocenters. The molecule has 4 aliphatic rings. The van der Waals surface area contributed by atoms with Crippen molar-refractivity contribution >= 4 is 26.5 Å². The smallest absolute Gasteiger partial charge is 0.213 e. The first-order chi connectivity index (χ1) is 17.9. The van der Waals surface area contributed by atoms with Crippen molar-refractivity contribution in [2.75, 3.05) is 0 Å². The van der Waals surface area contributed by atoms with E-state index in [1.807, 2.05) is 0 Å². The molecular weight excluding hydrogens is 522 g/mol. The van der Waals surface area contributed by atoms with Crippen LogP contribution in [0.15, 0.2) is 48.5 Å². The monoisotopic (exact) mass is 574 g/mol. The van der Waals surface area contributed by atoms with Gasteiger partial charge in [0.2, 0.25) is 0 Å². The standard InChI is InChI=1S/2C17H26P.Cr/c2*1-3-9-15(10-4-1)18(17-13-7-8-14-17)16-11-5-2-6-12-16;/h2*7-8,13-16H,1-6,9-12H2;/q2*-1;+2. The maximum absolute atomic E-state index is 2.43. The molecule has 0 aliphatic heterocycles. The Kier molecular flexibility index (Phi) is 13.3. The van der Waals surface area contributed by atoms with Crippen molar-refractivity contribution in [3.05, 3.63) is 48.5 Å². The molecule has 0 spiro atoms. The third kappa shape index (κ3) is 8.54. The van der Waals surface area contributed by atoms with Crippen LogP contribution in [0.3, 0.4) is 0 Å². The minimum atomic E-state index is 0. The van der Waals surface area contributed by atoms with Crippen LogP contribution in [0, 0.1) is 0 Å². The molecular formula is C34H52CrP2. The normalized spacial score (nSPS) is 23.0. The zero-order chi connectivity index (χ0) is 24.4. The molecule has 37 heavy (non-hydrogen) atoms. The van der Waals surface area contributed by atoms with Crippen molar-refractivity contribution in [2.45, 2.75) is 151 Å². The Hall–Kier alpha value is 0.0925. The van der Waals surface area contributed by atoms with Gasteiger partial charge in [0.1, 0.15) is 0 Å². The molecule has 0 atom stereocenters. The maximum Gasteiger partial charge on any atom is 2.00 e. The van der Waals surface area contributed by atoms with Gasteiger partial charge in [0.05, 0.1) is 0 Å². The molecule has 0 heterocycles. The molecule has 0 nitrogen and oxygen atoms in total. The van der Waals surface area contributed by atoms with Crippen LogP contribution in [0.5, 0.6) is 0 Å². The van der Waals surface area contributed by atoms with Crippen LogP contribution in [-0.4, -0.2) is 22.6 Å². The fraction of sp³-hybridized carbons (Fsp3) is 0.706. The average Bonchev–Trinajstić information content (AvgIpc) is 3.68. The average molecular weight is 575 g/mol. The van der Waals surface area contributed by atoms with E-state index in [-0.39, 0.29) is 33.2 Å². The van der Waals surface area contributed by atoms with Crippen LogP contribution in [0.4, 0.5) is 0 Å². The van der Waals surface area contributed by atoms with Gasteiger partial charge < -0.3 is 0 Å². The quantitative estimate of drug-likeness (QED) is 0.238. The summed E-state index contributed by atoms with van der Waals surface area (Å²) in [6.07, 6.45) is 30.1. The van der Waals surface area contributed by atoms with E-state index in [4.69, 9.17) is 0 Å². The van der Waals surface area contributed by atoms with Gasteiger partial charge in [-0.1, -0.05) is 92.9 Å². The molecule has 2 aromatic carbocycles. The molecule has 0 N–H and O–H groups in total. The van der Waals surface area contributed by atoms with Gasteiger partial charge in [0.25, 0.3) is 0 Å². The Bertz CT molecular complexity index is 698. The van der Waals surface area contributed by atoms with Gasteiger partial charge in [0, 0.05) is 0 Å². The fourth-order valence-electron chi connectivity index (χ4n) is 7.95. The second kappa shape index (κ2) is 16.4. The summed E-state index contributed by atoms with van der Waals surface area (Å²) in [6, 6.07) is 18.7. The zero-order valence-corrected chi connectivity index (χ0v) is 26.4. The molecule has 4 saturated carbocycles. The van der Waals surface area contributed by atoms with Gasteiger partial charge in [0.15, 0.2) is 0 Å². The Morgan fingerprint density at radius 2 is 0.703 bits per heavy atom. The summed E-state index contributed by atoms with van der Waals surface area (Å²) in [6.45, 7) is 0. The molecule has 0 aromatic heterocycles. The molecule has 0 radical (unpaired) electrons. The van der Waals surface area contributed by atoms with E-state index in [2.05, 4.69) is 48.5 Å². The first kappa shape index (κ1) is 30.1. The van der Waals surface area contributed by atoms with Crippen molar-refractivity contribution in [1.29, 1.82) is 0 Å². The zero-order valence-electron chi connectivity index (χ0n) is 23.4. The van der Waals surface area contributed by atoms with E-state index in [1.54, 1.807) is 10.6 Å². The van der Waals surface area contributed by atoms with Crippen molar-refractivity contribution in [1.82, 2.24) is 0 Å². The predicted octanol–water partition coefficient (Wildman–Crippen LogP) is 10.4. The van der Waals surface area contributed by atoms with Crippen LogP contribution >= 0.6 is 15.8 Å². The number of hydrogen-bond acceptors (Lipinski definition) is 0. The van der Waals surface area contributed by atoms with Crippen molar-refractivity contribution in [2.24, 2.45) is 0 Å². The molecule has 204 valence electrons. The van der Waals surface area contributed by atoms with Crippen molar-refractivity contribution < 1.29 is 17.4 Å². The summed E-state index contributed by atoms with van der Waals surface area (Å²) < 4.78 is 0. The molecule has 0 bridgehead atoms. The molecule has 0 amide bonds. The van der Waals surface area contributed by atoms with E-state index >= 15 is 0 Å². The van der Waals surface area contributed by atoms with Crippen molar-refractivity contribution in [3.63, 3.8) is 0 Å². The first-order valence-electron chi connectivity index (χ1n) is 15.9. The van der Waals surface area contributed by atoms with Gasteiger partial charge >= 0.3 is 17.4 Å². The summed E-state index contributed by atoms with van der Waals surface area (Å²) in [4.78, 5) is 0. The van der Waals surface area contributed by atoms with Crippen LogP contribution in [0.1, 0.15) is 128 Å². The number of rotatable bonds is 6. The van der Waals surface area contributed by atoms with Gasteiger partial charge in [-0.2, -0.15) is 24.3 Å². The summed E-state index contributed by atoms with van der Waals surface area (Å²) >= 11 is 0. The molecule has 2 aromatic rings. The third-order valence-electron chi connectivity index (χ3n) is 9.76. The fourth-order valence-corrected chi connectivity index (χ4v) is 15.5. The predicted molar refractivity (Wildman–Crippen MR) is 165 cm³/mol. The van der Waals surface area contributed by atoms with Gasteiger partial charge in [-0.25, -0.2) is 24.3 Å². The Morgan fingerprint density at radius 1 is 0.432 bits per heavy atom. The molecule has 4 fully saturated rings. The summed E-state index contributed by atoms with van der Waals surface area (Å²) in [5.74, 6) is 0. The largest absolute Gasteiger partial charge is 2.00 e. The second-order valence-electron chi connectivity index (χ2n) is 12.3. The van der Waals surface area contributed by atoms with E-state index in [0.29, 0.717) is 0 Å². The van der Waals surface area contributed by atoms with Crippen LogP contribution < -0.4 is 10.6 Å². The minimum absolute atomic E-state index is 0. The first-order valence-corrected chi connectivity index (χ1v) is 18.9. The number of hydrogen-bond donors (Lipinski definition) is 0. The molecule has 6 rings (SSSR count). The van der Waals surface area contributed by atoms with E-state index in [9.17, 15) is 0 Å². The van der Waals surface area contributed by atoms with E-state index in [1.165, 1.54) is 128 Å². The van der Waals surface area contributed by atoms with E-state index < -0.39 is 0 Å². The summed E-state index contributed by atoms with van der Waals surface area (Å²) in [5, 5.41) is 3.45. The van der Waals surface area contributed by atoms with Gasteiger partial charge in [-0.05, 0) is 74.0 Å². The van der Waals surface area contributed by atoms with Crippen LogP contribution in [-0.2, 0) is 17.4 Å². The van der Waals surface area contributed by atoms with E-state index in [0.717, 1.165) is 22.6 Å². The van der Waals surface area contributed by atoms with Gasteiger partial charge in [-0.3, -0.25) is 0 Å². The van der Waals surface area contributed by atoms with Crippen molar-refractivity contribution in [3.8, 4) is 0 Å². The Morgan fingerprint density at radius 3 is 0.919 bits per heavy atom. The topological polar surface area (TPSA) is 0 Å². The van der Waals surface area contributed by atoms with Crippen LogP contribution in [0.25, 0.3) is 0 Å². The minimum Gasteiger partial charge on any atom is -0.213 e. The maximum atomic E-state index is 2.43. The van der Waals surface area contributed by atoms with Crippen LogP contribution in [0.2, 0.25) is 0 Å². The summed E-state index contributed by atoms with van der Waals surface area (Å²) in [5.41, 5.74) is 4.22. The Balaban J connectivity index is 0.000000168. The molecule has 0 saturated heterocycles. The molecule has 4 aliphatic carbocycles. The second-order valence-corrected chi connectivity index (χ2v) is 17.9. The SMILES string of the molecule is [Cr+2].c1c[cH-]c(P(C2CCCCC2)C2CCCCC2)c1.c1c[cH-]c(P(C2CCCCC2)C2CCCCC2)c1. The molecule has 3 heteroatoms. The van der Waals surface area contributed by atoms with Gasteiger partial charge in [-0.15, -0.1) is 10.6 Å². The summed E-state index contributed by atoms with van der Waals surface area (Å²) in [7, 11) is 0.290. The third-order valence-corrected chi connectivity index (χ3v) is 16.8.